The molecule has 1 saturated heterocycles. The van der Waals surface area contributed by atoms with Crippen molar-refractivity contribution in [3.63, 3.8) is 0 Å². The first-order valence-corrected chi connectivity index (χ1v) is 10.5. The molecule has 0 aliphatic carbocycles. The monoisotopic (exact) mass is 430 g/mol. The Hall–Kier alpha value is -2.64. The number of ether oxygens (including phenoxy) is 1. The van der Waals surface area contributed by atoms with Crippen molar-refractivity contribution < 1.29 is 14.3 Å². The zero-order valence-electron chi connectivity index (χ0n) is 17.2. The van der Waals surface area contributed by atoms with Crippen molar-refractivity contribution in [3.8, 4) is 0 Å². The van der Waals surface area contributed by atoms with E-state index in [2.05, 4.69) is 34.4 Å². The van der Waals surface area contributed by atoms with E-state index in [-0.39, 0.29) is 24.0 Å². The lowest BCUT2D eigenvalue weighted by Gasteiger charge is -2.36. The summed E-state index contributed by atoms with van der Waals surface area (Å²) < 4.78 is 5.75. The molecule has 1 aromatic heterocycles. The van der Waals surface area contributed by atoms with Crippen molar-refractivity contribution in [3.05, 3.63) is 53.2 Å². The molecule has 2 aromatic rings. The quantitative estimate of drug-likeness (QED) is 0.657. The molecule has 0 radical (unpaired) electrons. The van der Waals surface area contributed by atoms with Crippen molar-refractivity contribution in [2.45, 2.75) is 38.9 Å². The number of amides is 2. The summed E-state index contributed by atoms with van der Waals surface area (Å²) in [5.74, 6) is 0.581. The molecule has 1 aromatic carbocycles. The van der Waals surface area contributed by atoms with Gasteiger partial charge in [-0.2, -0.15) is 0 Å². The molecule has 160 valence electrons. The lowest BCUT2D eigenvalue weighted by atomic mass is 10.2. The summed E-state index contributed by atoms with van der Waals surface area (Å²) in [6.07, 6.45) is 2.84. The number of morpholine rings is 1. The van der Waals surface area contributed by atoms with E-state index in [1.54, 1.807) is 30.5 Å². The Morgan fingerprint density at radius 3 is 2.47 bits per heavy atom. The normalized spacial score (nSPS) is 18.7. The van der Waals surface area contributed by atoms with Gasteiger partial charge in [0.25, 0.3) is 5.91 Å². The second kappa shape index (κ2) is 10.4. The van der Waals surface area contributed by atoms with Gasteiger partial charge in [-0.15, -0.1) is 0 Å². The standard InChI is InChI=1S/C22H27ClN4O3/c1-15-13-27(14-16(2)30-15)20-10-9-19(12-25-20)26-21(28)4-3-11-24-22(29)17-5-7-18(23)8-6-17/h5-10,12,15-16H,3-4,11,13-14H2,1-2H3,(H,24,29)(H,26,28). The highest BCUT2D eigenvalue weighted by Crippen LogP contribution is 2.19. The van der Waals surface area contributed by atoms with Crippen LogP contribution in [-0.4, -0.2) is 48.6 Å². The van der Waals surface area contributed by atoms with Crippen molar-refractivity contribution in [2.75, 3.05) is 29.9 Å². The summed E-state index contributed by atoms with van der Waals surface area (Å²) >= 11 is 5.82. The van der Waals surface area contributed by atoms with Crippen LogP contribution < -0.4 is 15.5 Å². The smallest absolute Gasteiger partial charge is 0.251 e. The van der Waals surface area contributed by atoms with Crippen molar-refractivity contribution in [1.29, 1.82) is 0 Å². The third-order valence-electron chi connectivity index (χ3n) is 4.75. The second-order valence-corrected chi connectivity index (χ2v) is 7.92. The van der Waals surface area contributed by atoms with Crippen LogP contribution >= 0.6 is 11.6 Å². The molecule has 7 nitrogen and oxygen atoms in total. The summed E-state index contributed by atoms with van der Waals surface area (Å²) in [5.41, 5.74) is 1.20. The number of anilines is 2. The Labute approximate surface area is 181 Å². The maximum Gasteiger partial charge on any atom is 0.251 e. The van der Waals surface area contributed by atoms with E-state index >= 15 is 0 Å². The molecule has 1 fully saturated rings. The topological polar surface area (TPSA) is 83.6 Å². The number of aromatic nitrogens is 1. The van der Waals surface area contributed by atoms with Gasteiger partial charge in [0.2, 0.25) is 5.91 Å². The van der Waals surface area contributed by atoms with Crippen LogP contribution in [0.4, 0.5) is 11.5 Å². The number of rotatable bonds is 7. The van der Waals surface area contributed by atoms with Crippen LogP contribution in [0.3, 0.4) is 0 Å². The number of carbonyl (C=O) groups excluding carboxylic acids is 2. The third-order valence-corrected chi connectivity index (χ3v) is 5.00. The Morgan fingerprint density at radius 1 is 1.13 bits per heavy atom. The zero-order chi connectivity index (χ0) is 21.5. The van der Waals surface area contributed by atoms with E-state index in [4.69, 9.17) is 16.3 Å². The summed E-state index contributed by atoms with van der Waals surface area (Å²) in [6.45, 7) is 6.11. The number of benzene rings is 1. The number of hydrogen-bond donors (Lipinski definition) is 2. The van der Waals surface area contributed by atoms with Gasteiger partial charge < -0.3 is 20.3 Å². The first-order valence-electron chi connectivity index (χ1n) is 10.1. The van der Waals surface area contributed by atoms with Gasteiger partial charge in [-0.25, -0.2) is 4.98 Å². The average molecular weight is 431 g/mol. The van der Waals surface area contributed by atoms with Crippen molar-refractivity contribution in [2.24, 2.45) is 0 Å². The summed E-state index contributed by atoms with van der Waals surface area (Å²) in [4.78, 5) is 30.8. The highest BCUT2D eigenvalue weighted by molar-refractivity contribution is 6.30. The molecule has 0 bridgehead atoms. The minimum atomic E-state index is -0.182. The first kappa shape index (κ1) is 22.1. The average Bonchev–Trinajstić information content (AvgIpc) is 2.71. The minimum Gasteiger partial charge on any atom is -0.372 e. The molecule has 2 amide bonds. The highest BCUT2D eigenvalue weighted by atomic mass is 35.5. The zero-order valence-corrected chi connectivity index (χ0v) is 18.0. The molecule has 2 atom stereocenters. The van der Waals surface area contributed by atoms with Crippen molar-refractivity contribution in [1.82, 2.24) is 10.3 Å². The molecule has 2 heterocycles. The van der Waals surface area contributed by atoms with Crippen LogP contribution in [0.15, 0.2) is 42.6 Å². The fraction of sp³-hybridized carbons (Fsp3) is 0.409. The molecule has 0 saturated carbocycles. The van der Waals surface area contributed by atoms with E-state index < -0.39 is 0 Å². The molecular weight excluding hydrogens is 404 g/mol. The minimum absolute atomic E-state index is 0.112. The van der Waals surface area contributed by atoms with E-state index in [0.717, 1.165) is 18.9 Å². The van der Waals surface area contributed by atoms with Gasteiger partial charge in [0.1, 0.15) is 5.82 Å². The summed E-state index contributed by atoms with van der Waals surface area (Å²) in [7, 11) is 0. The predicted octanol–water partition coefficient (Wildman–Crippen LogP) is 3.50. The molecule has 2 unspecified atom stereocenters. The number of nitrogens with one attached hydrogen (secondary N) is 2. The molecule has 30 heavy (non-hydrogen) atoms. The lowest BCUT2D eigenvalue weighted by Crippen LogP contribution is -2.45. The van der Waals surface area contributed by atoms with Gasteiger partial charge in [-0.3, -0.25) is 9.59 Å². The summed E-state index contributed by atoms with van der Waals surface area (Å²) in [5, 5.41) is 6.23. The molecular formula is C22H27ClN4O3. The first-order chi connectivity index (χ1) is 14.4. The van der Waals surface area contributed by atoms with Crippen LogP contribution in [0.1, 0.15) is 37.0 Å². The van der Waals surface area contributed by atoms with E-state index in [1.807, 2.05) is 12.1 Å². The second-order valence-electron chi connectivity index (χ2n) is 7.48. The molecule has 0 spiro atoms. The number of carbonyl (C=O) groups is 2. The Bertz CT molecular complexity index is 848. The van der Waals surface area contributed by atoms with Crippen molar-refractivity contribution >= 4 is 34.9 Å². The largest absolute Gasteiger partial charge is 0.372 e. The molecule has 3 rings (SSSR count). The van der Waals surface area contributed by atoms with Gasteiger partial charge in [0, 0.05) is 36.6 Å². The van der Waals surface area contributed by atoms with Crippen LogP contribution in [-0.2, 0) is 9.53 Å². The van der Waals surface area contributed by atoms with Gasteiger partial charge in [-0.05, 0) is 56.7 Å². The number of hydrogen-bond acceptors (Lipinski definition) is 5. The van der Waals surface area contributed by atoms with E-state index in [1.165, 1.54) is 0 Å². The van der Waals surface area contributed by atoms with Crippen LogP contribution in [0, 0.1) is 0 Å². The predicted molar refractivity (Wildman–Crippen MR) is 118 cm³/mol. The number of pyridine rings is 1. The number of halogens is 1. The lowest BCUT2D eigenvalue weighted by molar-refractivity contribution is -0.116. The number of nitrogens with zero attached hydrogens (tertiary/aromatic N) is 2. The van der Waals surface area contributed by atoms with Crippen LogP contribution in [0.25, 0.3) is 0 Å². The molecule has 1 aliphatic rings. The Kier molecular flexibility index (Phi) is 7.65. The van der Waals surface area contributed by atoms with Crippen LogP contribution in [0.5, 0.6) is 0 Å². The SMILES string of the molecule is CC1CN(c2ccc(NC(=O)CCCNC(=O)c3ccc(Cl)cc3)cn2)CC(C)O1. The van der Waals surface area contributed by atoms with Gasteiger partial charge in [-0.1, -0.05) is 11.6 Å². The Morgan fingerprint density at radius 2 is 1.83 bits per heavy atom. The van der Waals surface area contributed by atoms with E-state index in [0.29, 0.717) is 35.7 Å². The van der Waals surface area contributed by atoms with E-state index in [9.17, 15) is 9.59 Å². The maximum absolute atomic E-state index is 12.1. The fourth-order valence-electron chi connectivity index (χ4n) is 3.39. The molecule has 8 heteroatoms. The Balaban J connectivity index is 1.39. The highest BCUT2D eigenvalue weighted by Gasteiger charge is 2.23. The van der Waals surface area contributed by atoms with Gasteiger partial charge in [0.05, 0.1) is 24.1 Å². The third kappa shape index (κ3) is 6.43. The fourth-order valence-corrected chi connectivity index (χ4v) is 3.52. The molecule has 1 aliphatic heterocycles. The van der Waals surface area contributed by atoms with Gasteiger partial charge >= 0.3 is 0 Å². The van der Waals surface area contributed by atoms with Crippen LogP contribution in [0.2, 0.25) is 5.02 Å². The summed E-state index contributed by atoms with van der Waals surface area (Å²) in [6, 6.07) is 10.4. The molecule has 2 N–H and O–H groups in total. The maximum atomic E-state index is 12.1. The van der Waals surface area contributed by atoms with Gasteiger partial charge in [0.15, 0.2) is 0 Å².